The Labute approximate surface area is 145 Å². The zero-order chi connectivity index (χ0) is 17.2. The fourth-order valence-electron chi connectivity index (χ4n) is 2.96. The maximum Gasteiger partial charge on any atom is 0.226 e. The first-order valence-electron chi connectivity index (χ1n) is 8.80. The van der Waals surface area contributed by atoms with Crippen LogP contribution in [0.5, 0.6) is 0 Å². The van der Waals surface area contributed by atoms with Crippen LogP contribution in [0.2, 0.25) is 0 Å². The van der Waals surface area contributed by atoms with Crippen LogP contribution in [0.4, 0.5) is 0 Å². The summed E-state index contributed by atoms with van der Waals surface area (Å²) < 4.78 is 10.9. The van der Waals surface area contributed by atoms with Gasteiger partial charge in [-0.1, -0.05) is 5.16 Å². The van der Waals surface area contributed by atoms with Crippen molar-refractivity contribution < 1.29 is 14.1 Å². The van der Waals surface area contributed by atoms with Gasteiger partial charge in [-0.3, -0.25) is 9.89 Å². The third-order valence-corrected chi connectivity index (χ3v) is 4.53. The monoisotopic (exact) mass is 346 g/mol. The molecule has 0 bridgehead atoms. The minimum absolute atomic E-state index is 0.113. The average Bonchev–Trinajstić information content (AvgIpc) is 3.21. The molecule has 3 heterocycles. The van der Waals surface area contributed by atoms with Crippen LogP contribution in [0, 0.1) is 6.92 Å². The highest BCUT2D eigenvalue weighted by Crippen LogP contribution is 2.38. The second-order valence-corrected chi connectivity index (χ2v) is 6.65. The van der Waals surface area contributed by atoms with Crippen LogP contribution in [-0.2, 0) is 16.0 Å². The molecule has 1 saturated heterocycles. The molecular weight excluding hydrogens is 324 g/mol. The number of aryl methyl sites for hydroxylation is 2. The molecule has 0 radical (unpaired) electrons. The van der Waals surface area contributed by atoms with Gasteiger partial charge in [0.2, 0.25) is 11.8 Å². The van der Waals surface area contributed by atoms with Gasteiger partial charge in [0.15, 0.2) is 11.6 Å². The van der Waals surface area contributed by atoms with Crippen molar-refractivity contribution in [2.75, 3.05) is 19.7 Å². The molecule has 1 saturated carbocycles. The van der Waals surface area contributed by atoms with Crippen molar-refractivity contribution in [2.24, 2.45) is 0 Å². The summed E-state index contributed by atoms with van der Waals surface area (Å²) in [4.78, 5) is 23.0. The number of nitrogens with one attached hydrogen (secondary N) is 1. The SMILES string of the molecule is Cc1nc([C@H]2CN(C(=O)CCCc3nc(C4CC4)no3)CCO2)n[nH]1. The first-order chi connectivity index (χ1) is 12.2. The molecule has 1 amide bonds. The zero-order valence-corrected chi connectivity index (χ0v) is 14.3. The van der Waals surface area contributed by atoms with Gasteiger partial charge in [-0.25, -0.2) is 4.98 Å². The number of carbonyl (C=O) groups excluding carboxylic acids is 1. The molecule has 4 rings (SSSR count). The second-order valence-electron chi connectivity index (χ2n) is 6.65. The molecule has 9 heteroatoms. The summed E-state index contributed by atoms with van der Waals surface area (Å²) in [6, 6.07) is 0. The summed E-state index contributed by atoms with van der Waals surface area (Å²) in [5, 5.41) is 10.9. The van der Waals surface area contributed by atoms with E-state index < -0.39 is 0 Å². The Balaban J connectivity index is 1.25. The highest BCUT2D eigenvalue weighted by atomic mass is 16.5. The van der Waals surface area contributed by atoms with Crippen LogP contribution >= 0.6 is 0 Å². The van der Waals surface area contributed by atoms with Crippen molar-refractivity contribution in [3.63, 3.8) is 0 Å². The van der Waals surface area contributed by atoms with Crippen molar-refractivity contribution in [3.8, 4) is 0 Å². The highest BCUT2D eigenvalue weighted by molar-refractivity contribution is 5.76. The molecule has 2 aliphatic rings. The Bertz CT molecular complexity index is 738. The van der Waals surface area contributed by atoms with Crippen LogP contribution in [0.15, 0.2) is 4.52 Å². The lowest BCUT2D eigenvalue weighted by atomic mass is 10.2. The molecule has 1 aliphatic carbocycles. The van der Waals surface area contributed by atoms with Crippen LogP contribution in [0.25, 0.3) is 0 Å². The Hall–Kier alpha value is -2.29. The number of carbonyl (C=O) groups is 1. The van der Waals surface area contributed by atoms with Crippen LogP contribution in [-0.4, -0.2) is 55.8 Å². The van der Waals surface area contributed by atoms with E-state index in [-0.39, 0.29) is 12.0 Å². The Kier molecular flexibility index (Phi) is 4.48. The van der Waals surface area contributed by atoms with Gasteiger partial charge in [-0.05, 0) is 26.2 Å². The van der Waals surface area contributed by atoms with Crippen molar-refractivity contribution >= 4 is 5.91 Å². The number of hydrogen-bond donors (Lipinski definition) is 1. The van der Waals surface area contributed by atoms with E-state index >= 15 is 0 Å². The number of amides is 1. The van der Waals surface area contributed by atoms with Crippen LogP contribution in [0.1, 0.15) is 61.1 Å². The summed E-state index contributed by atoms with van der Waals surface area (Å²) in [6.45, 7) is 3.43. The van der Waals surface area contributed by atoms with Crippen LogP contribution in [0.3, 0.4) is 0 Å². The zero-order valence-electron chi connectivity index (χ0n) is 14.3. The fraction of sp³-hybridized carbons (Fsp3) is 0.688. The molecule has 0 unspecified atom stereocenters. The molecule has 134 valence electrons. The quantitative estimate of drug-likeness (QED) is 0.839. The van der Waals surface area contributed by atoms with E-state index in [9.17, 15) is 4.79 Å². The average molecular weight is 346 g/mol. The number of aromatic amines is 1. The lowest BCUT2D eigenvalue weighted by molar-refractivity contribution is -0.139. The maximum atomic E-state index is 12.4. The van der Waals surface area contributed by atoms with Crippen molar-refractivity contribution in [3.05, 3.63) is 23.4 Å². The standard InChI is InChI=1S/C16H22N6O3/c1-10-17-16(20-19-10)12-9-22(7-8-24-12)14(23)4-2-3-13-18-15(21-25-13)11-5-6-11/h11-12H,2-9H2,1H3,(H,17,19,20)/t12-/m1/s1. The Morgan fingerprint density at radius 3 is 2.96 bits per heavy atom. The van der Waals surface area contributed by atoms with Crippen molar-refractivity contribution in [1.82, 2.24) is 30.2 Å². The molecule has 9 nitrogen and oxygen atoms in total. The largest absolute Gasteiger partial charge is 0.366 e. The summed E-state index contributed by atoms with van der Waals surface area (Å²) in [5.74, 6) is 3.40. The second kappa shape index (κ2) is 6.91. The van der Waals surface area contributed by atoms with Gasteiger partial charge in [-0.15, -0.1) is 0 Å². The number of H-pyrrole nitrogens is 1. The number of hydrogen-bond acceptors (Lipinski definition) is 7. The molecule has 0 aromatic carbocycles. The van der Waals surface area contributed by atoms with Gasteiger partial charge in [0.1, 0.15) is 11.9 Å². The van der Waals surface area contributed by atoms with Gasteiger partial charge in [0.05, 0.1) is 13.2 Å². The number of ether oxygens (including phenoxy) is 1. The third kappa shape index (κ3) is 3.87. The normalized spacial score (nSPS) is 20.8. The summed E-state index contributed by atoms with van der Waals surface area (Å²) in [7, 11) is 0. The van der Waals surface area contributed by atoms with Crippen molar-refractivity contribution in [2.45, 2.75) is 51.0 Å². The van der Waals surface area contributed by atoms with E-state index in [1.807, 2.05) is 11.8 Å². The smallest absolute Gasteiger partial charge is 0.226 e. The minimum atomic E-state index is -0.264. The first-order valence-corrected chi connectivity index (χ1v) is 8.80. The Morgan fingerprint density at radius 2 is 2.20 bits per heavy atom. The van der Waals surface area contributed by atoms with Crippen LogP contribution < -0.4 is 0 Å². The van der Waals surface area contributed by atoms with E-state index in [4.69, 9.17) is 9.26 Å². The number of nitrogens with zero attached hydrogens (tertiary/aromatic N) is 5. The van der Waals surface area contributed by atoms with Gasteiger partial charge in [0, 0.05) is 25.3 Å². The molecule has 1 aliphatic heterocycles. The third-order valence-electron chi connectivity index (χ3n) is 4.53. The summed E-state index contributed by atoms with van der Waals surface area (Å²) in [5.41, 5.74) is 0. The van der Waals surface area contributed by atoms with Gasteiger partial charge < -0.3 is 14.2 Å². The number of rotatable bonds is 6. The summed E-state index contributed by atoms with van der Waals surface area (Å²) >= 11 is 0. The predicted molar refractivity (Wildman–Crippen MR) is 85.6 cm³/mol. The van der Waals surface area contributed by atoms with E-state index in [0.29, 0.717) is 56.6 Å². The van der Waals surface area contributed by atoms with Gasteiger partial charge in [0.25, 0.3) is 0 Å². The molecule has 1 N–H and O–H groups in total. The Morgan fingerprint density at radius 1 is 1.32 bits per heavy atom. The fourth-order valence-corrected chi connectivity index (χ4v) is 2.96. The minimum Gasteiger partial charge on any atom is -0.366 e. The van der Waals surface area contributed by atoms with Crippen molar-refractivity contribution in [1.29, 1.82) is 0 Å². The molecule has 0 spiro atoms. The first kappa shape index (κ1) is 16.2. The number of morpholine rings is 1. The molecule has 2 aromatic rings. The van der Waals surface area contributed by atoms with E-state index in [2.05, 4.69) is 25.3 Å². The molecular formula is C16H22N6O3. The van der Waals surface area contributed by atoms with Gasteiger partial charge >= 0.3 is 0 Å². The highest BCUT2D eigenvalue weighted by Gasteiger charge is 2.29. The lowest BCUT2D eigenvalue weighted by Gasteiger charge is -2.31. The van der Waals surface area contributed by atoms with E-state index in [1.165, 1.54) is 0 Å². The molecule has 2 aromatic heterocycles. The van der Waals surface area contributed by atoms with Gasteiger partial charge in [-0.2, -0.15) is 10.1 Å². The van der Waals surface area contributed by atoms with E-state index in [1.54, 1.807) is 0 Å². The topological polar surface area (TPSA) is 110 Å². The molecule has 25 heavy (non-hydrogen) atoms. The van der Waals surface area contributed by atoms with E-state index in [0.717, 1.165) is 24.5 Å². The maximum absolute atomic E-state index is 12.4. The molecule has 2 fully saturated rings. The lowest BCUT2D eigenvalue weighted by Crippen LogP contribution is -2.42. The molecule has 1 atom stereocenters. The predicted octanol–water partition coefficient (Wildman–Crippen LogP) is 1.30. The number of aromatic nitrogens is 5. The summed E-state index contributed by atoms with van der Waals surface area (Å²) in [6.07, 6.45) is 3.84.